The lowest BCUT2D eigenvalue weighted by Crippen LogP contribution is -2.44. The van der Waals surface area contributed by atoms with Gasteiger partial charge in [-0.15, -0.1) is 0 Å². The van der Waals surface area contributed by atoms with Gasteiger partial charge in [0.15, 0.2) is 5.13 Å². The average molecular weight is 450 g/mol. The number of hydrogen-bond acceptors (Lipinski definition) is 7. The van der Waals surface area contributed by atoms with Crippen molar-refractivity contribution in [3.05, 3.63) is 70.1 Å². The lowest BCUT2D eigenvalue weighted by Gasteiger charge is -2.29. The van der Waals surface area contributed by atoms with E-state index in [0.717, 1.165) is 28.9 Å². The molecular formula is C24H23N3O4S. The Morgan fingerprint density at radius 1 is 1.19 bits per heavy atom. The molecule has 0 unspecified atom stereocenters. The Morgan fingerprint density at radius 2 is 2.00 bits per heavy atom. The van der Waals surface area contributed by atoms with Crippen molar-refractivity contribution < 1.29 is 13.9 Å². The first-order valence-corrected chi connectivity index (χ1v) is 11.4. The summed E-state index contributed by atoms with van der Waals surface area (Å²) < 4.78 is 12.0. The summed E-state index contributed by atoms with van der Waals surface area (Å²) in [5.74, 6) is -0.395. The van der Waals surface area contributed by atoms with E-state index in [-0.39, 0.29) is 11.0 Å². The molecule has 2 aromatic heterocycles. The van der Waals surface area contributed by atoms with Crippen LogP contribution >= 0.6 is 11.3 Å². The molecule has 2 aromatic carbocycles. The van der Waals surface area contributed by atoms with Crippen LogP contribution in [0.3, 0.4) is 0 Å². The number of ether oxygens (including phenoxy) is 1. The summed E-state index contributed by atoms with van der Waals surface area (Å²) >= 11 is 1.46. The van der Waals surface area contributed by atoms with Crippen molar-refractivity contribution >= 4 is 43.6 Å². The van der Waals surface area contributed by atoms with E-state index < -0.39 is 5.91 Å². The topological polar surface area (TPSA) is 75.9 Å². The standard InChI is InChI=1S/C24H23N3O4S/c1-16-6-7-19-21(14-16)32-24(25-19)27(9-8-26-10-12-30-13-11-26)23(29)18-15-31-20-5-3-2-4-17(20)22(18)28/h2-7,14-15H,8-13H2,1H3. The fourth-order valence-corrected chi connectivity index (χ4v) is 4.94. The molecule has 5 rings (SSSR count). The van der Waals surface area contributed by atoms with Gasteiger partial charge < -0.3 is 9.15 Å². The van der Waals surface area contributed by atoms with Crippen LogP contribution in [0.2, 0.25) is 0 Å². The smallest absolute Gasteiger partial charge is 0.267 e. The van der Waals surface area contributed by atoms with Crippen molar-refractivity contribution in [1.29, 1.82) is 0 Å². The summed E-state index contributed by atoms with van der Waals surface area (Å²) in [4.78, 5) is 35.3. The molecule has 4 aromatic rings. The summed E-state index contributed by atoms with van der Waals surface area (Å²) in [5, 5.41) is 0.975. The summed E-state index contributed by atoms with van der Waals surface area (Å²) in [5.41, 5.74) is 2.12. The highest BCUT2D eigenvalue weighted by molar-refractivity contribution is 7.22. The molecule has 0 aliphatic carbocycles. The number of morpholine rings is 1. The molecule has 164 valence electrons. The number of anilines is 1. The Balaban J connectivity index is 1.52. The number of amides is 1. The monoisotopic (exact) mass is 449 g/mol. The van der Waals surface area contributed by atoms with Crippen molar-refractivity contribution in [2.75, 3.05) is 44.3 Å². The number of nitrogens with zero attached hydrogens (tertiary/aromatic N) is 3. The third-order valence-corrected chi connectivity index (χ3v) is 6.70. The van der Waals surface area contributed by atoms with Gasteiger partial charge in [-0.2, -0.15) is 0 Å². The molecule has 0 atom stereocenters. The molecule has 7 nitrogen and oxygen atoms in total. The largest absolute Gasteiger partial charge is 0.463 e. The van der Waals surface area contributed by atoms with Crippen LogP contribution in [0.15, 0.2) is 57.9 Å². The van der Waals surface area contributed by atoms with Crippen LogP contribution in [0.5, 0.6) is 0 Å². The van der Waals surface area contributed by atoms with Crippen LogP contribution < -0.4 is 10.3 Å². The molecule has 0 N–H and O–H groups in total. The van der Waals surface area contributed by atoms with Gasteiger partial charge in [-0.3, -0.25) is 19.4 Å². The average Bonchev–Trinajstić information content (AvgIpc) is 3.23. The molecule has 1 saturated heterocycles. The lowest BCUT2D eigenvalue weighted by molar-refractivity contribution is 0.0391. The van der Waals surface area contributed by atoms with Gasteiger partial charge >= 0.3 is 0 Å². The van der Waals surface area contributed by atoms with Gasteiger partial charge in [0.2, 0.25) is 5.43 Å². The van der Waals surface area contributed by atoms with Gasteiger partial charge in [0, 0.05) is 26.2 Å². The van der Waals surface area contributed by atoms with E-state index in [9.17, 15) is 9.59 Å². The lowest BCUT2D eigenvalue weighted by atomic mass is 10.1. The maximum Gasteiger partial charge on any atom is 0.267 e. The van der Waals surface area contributed by atoms with Crippen LogP contribution in [-0.2, 0) is 4.74 Å². The minimum atomic E-state index is -0.395. The summed E-state index contributed by atoms with van der Waals surface area (Å²) in [6.07, 6.45) is 1.27. The number of thiazole rings is 1. The Bertz CT molecular complexity index is 1340. The first-order valence-electron chi connectivity index (χ1n) is 10.6. The minimum Gasteiger partial charge on any atom is -0.463 e. The van der Waals surface area contributed by atoms with Crippen LogP contribution in [0.1, 0.15) is 15.9 Å². The maximum atomic E-state index is 13.6. The first-order chi connectivity index (χ1) is 15.6. The van der Waals surface area contributed by atoms with Gasteiger partial charge in [0.05, 0.1) is 28.8 Å². The number of aromatic nitrogens is 1. The molecule has 32 heavy (non-hydrogen) atoms. The number of carbonyl (C=O) groups is 1. The highest BCUT2D eigenvalue weighted by atomic mass is 32.1. The SMILES string of the molecule is Cc1ccc2nc(N(CCN3CCOCC3)C(=O)c3coc4ccccc4c3=O)sc2c1. The molecule has 1 fully saturated rings. The maximum absolute atomic E-state index is 13.6. The van der Waals surface area contributed by atoms with Crippen molar-refractivity contribution in [2.24, 2.45) is 0 Å². The number of fused-ring (bicyclic) bond motifs is 2. The molecule has 1 aliphatic rings. The van der Waals surface area contributed by atoms with Gasteiger partial charge in [-0.05, 0) is 36.8 Å². The van der Waals surface area contributed by atoms with E-state index in [0.29, 0.717) is 42.4 Å². The van der Waals surface area contributed by atoms with Crippen LogP contribution in [0, 0.1) is 6.92 Å². The zero-order chi connectivity index (χ0) is 22.1. The number of para-hydroxylation sites is 1. The molecular weight excluding hydrogens is 426 g/mol. The Morgan fingerprint density at radius 3 is 2.84 bits per heavy atom. The normalized spacial score (nSPS) is 14.8. The third-order valence-electron chi connectivity index (χ3n) is 5.66. The van der Waals surface area contributed by atoms with Crippen LogP contribution in [0.25, 0.3) is 21.2 Å². The molecule has 0 spiro atoms. The predicted octanol–water partition coefficient (Wildman–Crippen LogP) is 3.69. The van der Waals surface area contributed by atoms with Crippen molar-refractivity contribution in [1.82, 2.24) is 9.88 Å². The first kappa shape index (κ1) is 20.8. The Hall–Kier alpha value is -3.07. The number of rotatable bonds is 5. The van der Waals surface area contributed by atoms with Crippen LogP contribution in [-0.4, -0.2) is 55.2 Å². The molecule has 0 bridgehead atoms. The zero-order valence-electron chi connectivity index (χ0n) is 17.7. The van der Waals surface area contributed by atoms with E-state index in [1.165, 1.54) is 17.6 Å². The molecule has 1 amide bonds. The minimum absolute atomic E-state index is 0.0149. The number of hydrogen-bond donors (Lipinski definition) is 0. The van der Waals surface area contributed by atoms with Gasteiger partial charge in [0.1, 0.15) is 17.4 Å². The molecule has 0 radical (unpaired) electrons. The number of carbonyl (C=O) groups excluding carboxylic acids is 1. The van der Waals surface area contributed by atoms with E-state index in [4.69, 9.17) is 14.1 Å². The second-order valence-electron chi connectivity index (χ2n) is 7.85. The van der Waals surface area contributed by atoms with Gasteiger partial charge in [-0.1, -0.05) is 29.5 Å². The highest BCUT2D eigenvalue weighted by Gasteiger charge is 2.26. The number of aryl methyl sites for hydroxylation is 1. The van der Waals surface area contributed by atoms with Crippen LogP contribution in [0.4, 0.5) is 5.13 Å². The molecule has 3 heterocycles. The predicted molar refractivity (Wildman–Crippen MR) is 126 cm³/mol. The van der Waals surface area contributed by atoms with E-state index in [1.807, 2.05) is 19.1 Å². The molecule has 8 heteroatoms. The van der Waals surface area contributed by atoms with Gasteiger partial charge in [-0.25, -0.2) is 4.98 Å². The summed E-state index contributed by atoms with van der Waals surface area (Å²) in [7, 11) is 0. The fraction of sp³-hybridized carbons (Fsp3) is 0.292. The second kappa shape index (κ2) is 8.82. The third kappa shape index (κ3) is 4.04. The summed E-state index contributed by atoms with van der Waals surface area (Å²) in [6, 6.07) is 13.0. The quantitative estimate of drug-likeness (QED) is 0.463. The Labute approximate surface area is 188 Å². The molecule has 1 aliphatic heterocycles. The van der Waals surface area contributed by atoms with Gasteiger partial charge in [0.25, 0.3) is 5.91 Å². The van der Waals surface area contributed by atoms with E-state index in [1.54, 1.807) is 29.2 Å². The Kier molecular flexibility index (Phi) is 5.73. The molecule has 0 saturated carbocycles. The van der Waals surface area contributed by atoms with Crippen molar-refractivity contribution in [3.8, 4) is 0 Å². The summed E-state index contributed by atoms with van der Waals surface area (Å²) in [6.45, 7) is 6.12. The van der Waals surface area contributed by atoms with Crippen molar-refractivity contribution in [2.45, 2.75) is 6.92 Å². The van der Waals surface area contributed by atoms with E-state index in [2.05, 4.69) is 11.0 Å². The zero-order valence-corrected chi connectivity index (χ0v) is 18.6. The fourth-order valence-electron chi connectivity index (χ4n) is 3.86. The second-order valence-corrected chi connectivity index (χ2v) is 8.86. The highest BCUT2D eigenvalue weighted by Crippen LogP contribution is 2.30. The number of benzene rings is 2. The van der Waals surface area contributed by atoms with Crippen molar-refractivity contribution in [3.63, 3.8) is 0 Å². The van der Waals surface area contributed by atoms with E-state index >= 15 is 0 Å².